The van der Waals surface area contributed by atoms with Crippen LogP contribution in [0.15, 0.2) is 0 Å². The predicted octanol–water partition coefficient (Wildman–Crippen LogP) is -1.56. The minimum atomic E-state index is -3.33. The Hall–Kier alpha value is 0.140. The van der Waals surface area contributed by atoms with Crippen molar-refractivity contribution in [1.82, 2.24) is 10.0 Å². The zero-order valence-electron chi connectivity index (χ0n) is 7.67. The Bertz CT molecular complexity index is 282. The number of nitrogens with one attached hydrogen (secondary N) is 2. The van der Waals surface area contributed by atoms with E-state index in [9.17, 15) is 13.5 Å². The number of aliphatic hydroxyl groups excluding tert-OH is 1. The molecule has 1 aliphatic rings. The van der Waals surface area contributed by atoms with Gasteiger partial charge in [-0.3, -0.25) is 0 Å². The average Bonchev–Trinajstić information content (AvgIpc) is 2.06. The number of rotatable bonds is 3. The maximum Gasteiger partial charge on any atom is 0.209 e. The lowest BCUT2D eigenvalue weighted by molar-refractivity contribution is 0.114. The molecule has 1 rings (SSSR count). The number of aliphatic hydroxyl groups is 1. The maximum absolute atomic E-state index is 10.9. The highest BCUT2D eigenvalue weighted by Crippen LogP contribution is 2.16. The van der Waals surface area contributed by atoms with Gasteiger partial charge < -0.3 is 15.0 Å². The third-order valence-electron chi connectivity index (χ3n) is 2.00. The van der Waals surface area contributed by atoms with Gasteiger partial charge in [-0.2, -0.15) is 0 Å². The van der Waals surface area contributed by atoms with Crippen LogP contribution in [0.4, 0.5) is 0 Å². The first-order valence-electron chi connectivity index (χ1n) is 4.10. The molecule has 0 aromatic heterocycles. The van der Waals surface area contributed by atoms with E-state index in [4.69, 9.17) is 4.55 Å². The van der Waals surface area contributed by atoms with Gasteiger partial charge >= 0.3 is 0 Å². The largest absolute Gasteiger partial charge is 0.390 e. The molecule has 1 heterocycles. The molecule has 0 aliphatic carbocycles. The van der Waals surface area contributed by atoms with Gasteiger partial charge in [0.1, 0.15) is 0 Å². The first-order valence-corrected chi connectivity index (χ1v) is 6.83. The molecular formula is C6H14N2O4S2. The monoisotopic (exact) mass is 242 g/mol. The van der Waals surface area contributed by atoms with Gasteiger partial charge in [-0.1, -0.05) is 0 Å². The first kappa shape index (κ1) is 12.2. The van der Waals surface area contributed by atoms with E-state index in [1.54, 1.807) is 0 Å². The van der Waals surface area contributed by atoms with Gasteiger partial charge in [-0.05, 0) is 12.0 Å². The minimum absolute atomic E-state index is 0.366. The molecule has 3 atom stereocenters. The van der Waals surface area contributed by atoms with Crippen LogP contribution in [0.25, 0.3) is 0 Å². The number of piperidine rings is 1. The maximum atomic E-state index is 10.9. The fraction of sp³-hybridized carbons (Fsp3) is 1.00. The van der Waals surface area contributed by atoms with Crippen molar-refractivity contribution in [2.24, 2.45) is 0 Å². The molecule has 0 aromatic carbocycles. The van der Waals surface area contributed by atoms with Crippen LogP contribution in [0.5, 0.6) is 0 Å². The molecule has 4 N–H and O–H groups in total. The van der Waals surface area contributed by atoms with Crippen molar-refractivity contribution in [3.8, 4) is 0 Å². The molecule has 84 valence electrons. The molecule has 8 heteroatoms. The Balaban J connectivity index is 2.61. The summed E-state index contributed by atoms with van der Waals surface area (Å²) in [6.07, 6.45) is 0.163. The van der Waals surface area contributed by atoms with Gasteiger partial charge in [0.15, 0.2) is 0 Å². The van der Waals surface area contributed by atoms with Crippen molar-refractivity contribution in [2.75, 3.05) is 19.3 Å². The molecule has 2 unspecified atom stereocenters. The quantitative estimate of drug-likeness (QED) is 0.447. The van der Waals surface area contributed by atoms with Crippen LogP contribution in [0, 0.1) is 0 Å². The second-order valence-corrected chi connectivity index (χ2v) is 5.89. The Kier molecular flexibility index (Phi) is 4.16. The van der Waals surface area contributed by atoms with Gasteiger partial charge in [0.2, 0.25) is 10.0 Å². The van der Waals surface area contributed by atoms with Crippen LogP contribution in [0.3, 0.4) is 0 Å². The van der Waals surface area contributed by atoms with Crippen molar-refractivity contribution in [1.29, 1.82) is 0 Å². The van der Waals surface area contributed by atoms with E-state index in [2.05, 4.69) is 10.0 Å². The number of hydrogen-bond acceptors (Lipinski definition) is 6. The van der Waals surface area contributed by atoms with E-state index in [1.807, 2.05) is 0 Å². The van der Waals surface area contributed by atoms with Gasteiger partial charge in [-0.25, -0.2) is 13.1 Å². The summed E-state index contributed by atoms with van der Waals surface area (Å²) >= 11 is 0.536. The van der Waals surface area contributed by atoms with Crippen molar-refractivity contribution >= 4 is 22.1 Å². The lowest BCUT2D eigenvalue weighted by atomic mass is 10.1. The summed E-state index contributed by atoms with van der Waals surface area (Å²) in [5.41, 5.74) is 0. The van der Waals surface area contributed by atoms with Crippen LogP contribution in [0.2, 0.25) is 0 Å². The van der Waals surface area contributed by atoms with E-state index in [-0.39, 0.29) is 0 Å². The molecule has 0 bridgehead atoms. The van der Waals surface area contributed by atoms with Crippen LogP contribution in [0.1, 0.15) is 0 Å². The second kappa shape index (κ2) is 4.77. The highest BCUT2D eigenvalue weighted by molar-refractivity contribution is 7.94. The van der Waals surface area contributed by atoms with Crippen LogP contribution in [-0.2, 0) is 10.0 Å². The molecular weight excluding hydrogens is 228 g/mol. The van der Waals surface area contributed by atoms with E-state index < -0.39 is 27.4 Å². The summed E-state index contributed by atoms with van der Waals surface area (Å²) in [5.74, 6) is 0. The average molecular weight is 242 g/mol. The first-order chi connectivity index (χ1) is 6.44. The van der Waals surface area contributed by atoms with Crippen molar-refractivity contribution in [3.05, 3.63) is 0 Å². The summed E-state index contributed by atoms with van der Waals surface area (Å²) in [6, 6.07) is -0.580. The van der Waals surface area contributed by atoms with Crippen LogP contribution in [-0.4, -0.2) is 54.8 Å². The molecule has 14 heavy (non-hydrogen) atoms. The normalized spacial score (nSPS) is 34.4. The summed E-state index contributed by atoms with van der Waals surface area (Å²) in [4.78, 5) is 0. The van der Waals surface area contributed by atoms with Gasteiger partial charge in [0, 0.05) is 13.1 Å². The van der Waals surface area contributed by atoms with E-state index >= 15 is 0 Å². The molecule has 1 saturated heterocycles. The molecule has 0 saturated carbocycles. The van der Waals surface area contributed by atoms with Gasteiger partial charge in [0.25, 0.3) is 0 Å². The van der Waals surface area contributed by atoms with Crippen molar-refractivity contribution in [2.45, 2.75) is 17.4 Å². The van der Waals surface area contributed by atoms with Gasteiger partial charge in [-0.15, -0.1) is 0 Å². The number of sulfonamides is 1. The van der Waals surface area contributed by atoms with Gasteiger partial charge in [0.05, 0.1) is 23.7 Å². The molecule has 1 fully saturated rings. The Labute approximate surface area is 87.3 Å². The molecule has 1 aliphatic heterocycles. The van der Waals surface area contributed by atoms with E-state index in [1.165, 1.54) is 0 Å². The fourth-order valence-corrected chi connectivity index (χ4v) is 2.65. The molecule has 0 amide bonds. The predicted molar refractivity (Wildman–Crippen MR) is 54.7 cm³/mol. The van der Waals surface area contributed by atoms with Crippen molar-refractivity contribution < 1.29 is 18.1 Å². The third-order valence-corrected chi connectivity index (χ3v) is 3.45. The zero-order valence-corrected chi connectivity index (χ0v) is 9.31. The molecule has 0 radical (unpaired) electrons. The lowest BCUT2D eigenvalue weighted by Crippen LogP contribution is -2.59. The fourth-order valence-electron chi connectivity index (χ4n) is 1.37. The van der Waals surface area contributed by atoms with E-state index in [0.29, 0.717) is 25.1 Å². The Morgan fingerprint density at radius 3 is 2.64 bits per heavy atom. The lowest BCUT2D eigenvalue weighted by Gasteiger charge is -2.33. The highest BCUT2D eigenvalue weighted by Gasteiger charge is 2.33. The third kappa shape index (κ3) is 3.37. The molecule has 6 nitrogen and oxygen atoms in total. The topological polar surface area (TPSA) is 98.7 Å². The zero-order chi connectivity index (χ0) is 10.8. The Morgan fingerprint density at radius 2 is 2.14 bits per heavy atom. The molecule has 0 spiro atoms. The second-order valence-electron chi connectivity index (χ2n) is 3.29. The SMILES string of the molecule is CS(=O)(=O)N[C@H]1CNCC(SO)C1O. The summed E-state index contributed by atoms with van der Waals surface area (Å²) in [6.45, 7) is 0.829. The smallest absolute Gasteiger partial charge is 0.209 e. The summed E-state index contributed by atoms with van der Waals surface area (Å²) in [7, 11) is -3.33. The summed E-state index contributed by atoms with van der Waals surface area (Å²) < 4.78 is 33.0. The highest BCUT2D eigenvalue weighted by atomic mass is 32.2. The van der Waals surface area contributed by atoms with Crippen LogP contribution < -0.4 is 10.0 Å². The standard InChI is InChI=1S/C6H14N2O4S2/c1-14(11,12)8-4-2-7-3-5(13-10)6(4)9/h4-10H,2-3H2,1H3/t4-,5?,6?/m0/s1. The van der Waals surface area contributed by atoms with Crippen molar-refractivity contribution in [3.63, 3.8) is 0 Å². The van der Waals surface area contributed by atoms with E-state index in [0.717, 1.165) is 6.26 Å². The summed E-state index contributed by atoms with van der Waals surface area (Å²) in [5, 5.41) is 12.2. The van der Waals surface area contributed by atoms with Crippen LogP contribution >= 0.6 is 12.0 Å². The Morgan fingerprint density at radius 1 is 1.50 bits per heavy atom. The number of hydrogen-bond donors (Lipinski definition) is 4. The molecule has 0 aromatic rings. The minimum Gasteiger partial charge on any atom is -0.390 e.